The van der Waals surface area contributed by atoms with E-state index < -0.39 is 29.5 Å². The molecule has 3 aromatic rings. The van der Waals surface area contributed by atoms with E-state index in [1.54, 1.807) is 37.3 Å². The lowest BCUT2D eigenvalue weighted by Crippen LogP contribution is -2.29. The fraction of sp³-hybridized carbons (Fsp3) is 0.241. The van der Waals surface area contributed by atoms with Crippen LogP contribution in [-0.4, -0.2) is 62.8 Å². The molecule has 0 spiro atoms. The molecule has 1 aliphatic heterocycles. The molecule has 0 bridgehead atoms. The second kappa shape index (κ2) is 12.1. The van der Waals surface area contributed by atoms with Gasteiger partial charge in [-0.3, -0.25) is 14.5 Å². The summed E-state index contributed by atoms with van der Waals surface area (Å²) in [4.78, 5) is 45.5. The van der Waals surface area contributed by atoms with E-state index in [9.17, 15) is 19.5 Å². The molecule has 0 radical (unpaired) electrons. The number of hydrogen-bond donors (Lipinski definition) is 1. The van der Waals surface area contributed by atoms with Crippen LogP contribution in [0.1, 0.15) is 32.5 Å². The number of rotatable bonds is 10. The highest BCUT2D eigenvalue weighted by Gasteiger charge is 2.49. The molecule has 1 aromatic heterocycles. The van der Waals surface area contributed by atoms with Crippen molar-refractivity contribution < 1.29 is 43.2 Å². The monoisotopic (exact) mass is 580 g/mol. The molecule has 12 heteroatoms. The summed E-state index contributed by atoms with van der Waals surface area (Å²) < 4.78 is 26.9. The molecule has 2 heterocycles. The molecular formula is C29H28N2O9S. The third-order valence-electron chi connectivity index (χ3n) is 6.30. The van der Waals surface area contributed by atoms with Gasteiger partial charge in [0, 0.05) is 5.56 Å². The molecule has 1 N–H and O–H groups in total. The standard InChI is InChI=1S/C29H28N2O9S/c1-7-11-40-28(35)26-15(2)30-29(41-26)31-22(17-13-19(37-4)25(39-6)20(14-17)38-5)21(24(33)27(31)34)23(32)16-9-8-10-18(12-16)36-3/h7-10,12-14,22,32H,1,11H2,2-6H3. The van der Waals surface area contributed by atoms with Gasteiger partial charge in [-0.25, -0.2) is 9.78 Å². The fourth-order valence-electron chi connectivity index (χ4n) is 4.41. The van der Waals surface area contributed by atoms with Crippen molar-refractivity contribution in [2.75, 3.05) is 39.9 Å². The molecule has 1 unspecified atom stereocenters. The van der Waals surface area contributed by atoms with E-state index >= 15 is 0 Å². The molecule has 0 saturated carbocycles. The van der Waals surface area contributed by atoms with Gasteiger partial charge in [-0.05, 0) is 36.8 Å². The predicted molar refractivity (Wildman–Crippen MR) is 151 cm³/mol. The van der Waals surface area contributed by atoms with E-state index in [-0.39, 0.29) is 39.3 Å². The zero-order valence-corrected chi connectivity index (χ0v) is 23.9. The van der Waals surface area contributed by atoms with Crippen molar-refractivity contribution in [1.29, 1.82) is 0 Å². The zero-order chi connectivity index (χ0) is 29.8. The van der Waals surface area contributed by atoms with Crippen LogP contribution >= 0.6 is 11.3 Å². The van der Waals surface area contributed by atoms with Crippen molar-refractivity contribution in [1.82, 2.24) is 4.98 Å². The first-order valence-corrected chi connectivity index (χ1v) is 13.0. The number of aryl methyl sites for hydroxylation is 1. The average Bonchev–Trinajstić information content (AvgIpc) is 3.50. The van der Waals surface area contributed by atoms with Gasteiger partial charge < -0.3 is 28.8 Å². The Balaban J connectivity index is 1.98. The first kappa shape index (κ1) is 29.2. The molecular weight excluding hydrogens is 552 g/mol. The summed E-state index contributed by atoms with van der Waals surface area (Å²) in [5.74, 6) is -1.73. The summed E-state index contributed by atoms with van der Waals surface area (Å²) in [5.41, 5.74) is 0.703. The summed E-state index contributed by atoms with van der Waals surface area (Å²) >= 11 is 0.884. The molecule has 1 saturated heterocycles. The highest BCUT2D eigenvalue weighted by atomic mass is 32.1. The van der Waals surface area contributed by atoms with Crippen LogP contribution < -0.4 is 23.8 Å². The van der Waals surface area contributed by atoms with E-state index in [0.29, 0.717) is 22.8 Å². The minimum Gasteiger partial charge on any atom is -0.507 e. The minimum absolute atomic E-state index is 0.0119. The summed E-state index contributed by atoms with van der Waals surface area (Å²) in [6.07, 6.45) is 1.43. The van der Waals surface area contributed by atoms with Crippen LogP contribution in [0.5, 0.6) is 23.0 Å². The van der Waals surface area contributed by atoms with Gasteiger partial charge in [0.05, 0.1) is 45.7 Å². The van der Waals surface area contributed by atoms with Crippen molar-refractivity contribution in [3.05, 3.63) is 76.3 Å². The first-order valence-electron chi connectivity index (χ1n) is 12.2. The molecule has 0 aliphatic carbocycles. The number of amides is 1. The van der Waals surface area contributed by atoms with Gasteiger partial charge in [0.25, 0.3) is 5.78 Å². The van der Waals surface area contributed by atoms with Crippen LogP contribution in [0.4, 0.5) is 5.13 Å². The Kier molecular flexibility index (Phi) is 8.62. The van der Waals surface area contributed by atoms with Crippen LogP contribution in [0, 0.1) is 6.92 Å². The largest absolute Gasteiger partial charge is 0.507 e. The highest BCUT2D eigenvalue weighted by Crippen LogP contribution is 2.48. The van der Waals surface area contributed by atoms with Gasteiger partial charge in [-0.2, -0.15) is 0 Å². The number of aliphatic hydroxyl groups excluding tert-OH is 1. The maximum atomic E-state index is 13.6. The lowest BCUT2D eigenvalue weighted by atomic mass is 9.94. The second-order valence-corrected chi connectivity index (χ2v) is 9.64. The maximum Gasteiger partial charge on any atom is 0.350 e. The molecule has 4 rings (SSSR count). The lowest BCUT2D eigenvalue weighted by molar-refractivity contribution is -0.132. The van der Waals surface area contributed by atoms with Crippen LogP contribution in [0.25, 0.3) is 5.76 Å². The van der Waals surface area contributed by atoms with Crippen LogP contribution in [0.3, 0.4) is 0 Å². The minimum atomic E-state index is -1.18. The Labute approximate surface area is 240 Å². The Morgan fingerprint density at radius 1 is 1.07 bits per heavy atom. The van der Waals surface area contributed by atoms with E-state index in [1.165, 1.54) is 40.6 Å². The van der Waals surface area contributed by atoms with Crippen molar-refractivity contribution >= 4 is 39.9 Å². The van der Waals surface area contributed by atoms with E-state index in [4.69, 9.17) is 23.7 Å². The average molecular weight is 581 g/mol. The zero-order valence-electron chi connectivity index (χ0n) is 23.0. The molecule has 1 atom stereocenters. The van der Waals surface area contributed by atoms with E-state index in [2.05, 4.69) is 11.6 Å². The number of ketones is 1. The third-order valence-corrected chi connectivity index (χ3v) is 7.44. The summed E-state index contributed by atoms with van der Waals surface area (Å²) in [6.45, 7) is 5.11. The molecule has 41 heavy (non-hydrogen) atoms. The van der Waals surface area contributed by atoms with Gasteiger partial charge in [0.15, 0.2) is 16.6 Å². The number of carbonyl (C=O) groups excluding carboxylic acids is 3. The van der Waals surface area contributed by atoms with Gasteiger partial charge >= 0.3 is 11.9 Å². The number of benzene rings is 2. The summed E-state index contributed by atoms with van der Waals surface area (Å²) in [7, 11) is 5.77. The Morgan fingerprint density at radius 2 is 1.76 bits per heavy atom. The number of anilines is 1. The van der Waals surface area contributed by atoms with Crippen molar-refractivity contribution in [2.45, 2.75) is 13.0 Å². The SMILES string of the molecule is C=CCOC(=O)c1sc(N2C(=O)C(=O)C(=C(O)c3cccc(OC)c3)C2c2cc(OC)c(OC)c(OC)c2)nc1C. The predicted octanol–water partition coefficient (Wildman–Crippen LogP) is 4.46. The van der Waals surface area contributed by atoms with Crippen LogP contribution in [-0.2, 0) is 14.3 Å². The molecule has 1 amide bonds. The number of esters is 1. The van der Waals surface area contributed by atoms with Gasteiger partial charge in [0.1, 0.15) is 23.0 Å². The molecule has 2 aromatic carbocycles. The number of nitrogens with zero attached hydrogens (tertiary/aromatic N) is 2. The van der Waals surface area contributed by atoms with Crippen LogP contribution in [0.2, 0.25) is 0 Å². The van der Waals surface area contributed by atoms with Crippen LogP contribution in [0.15, 0.2) is 54.6 Å². The van der Waals surface area contributed by atoms with Gasteiger partial charge in [0.2, 0.25) is 5.75 Å². The smallest absolute Gasteiger partial charge is 0.350 e. The number of ether oxygens (including phenoxy) is 5. The maximum absolute atomic E-state index is 13.6. The number of aromatic nitrogens is 1. The first-order chi connectivity index (χ1) is 19.7. The van der Waals surface area contributed by atoms with Crippen molar-refractivity contribution in [3.63, 3.8) is 0 Å². The molecule has 1 aliphatic rings. The second-order valence-electron chi connectivity index (χ2n) is 8.66. The number of thiazole rings is 1. The quantitative estimate of drug-likeness (QED) is 0.120. The van der Waals surface area contributed by atoms with Gasteiger partial charge in [-0.1, -0.05) is 36.1 Å². The summed E-state index contributed by atoms with van der Waals surface area (Å²) in [5, 5.41) is 11.5. The molecule has 1 fully saturated rings. The molecule has 214 valence electrons. The van der Waals surface area contributed by atoms with Crippen molar-refractivity contribution in [2.24, 2.45) is 0 Å². The normalized spacial score (nSPS) is 15.9. The number of aliphatic hydroxyl groups is 1. The number of hydrogen-bond acceptors (Lipinski definition) is 11. The van der Waals surface area contributed by atoms with Crippen molar-refractivity contribution in [3.8, 4) is 23.0 Å². The fourth-order valence-corrected chi connectivity index (χ4v) is 5.39. The Morgan fingerprint density at radius 3 is 2.34 bits per heavy atom. The Bertz CT molecular complexity index is 1530. The third kappa shape index (κ3) is 5.33. The Hall–Kier alpha value is -4.84. The number of carbonyl (C=O) groups is 3. The van der Waals surface area contributed by atoms with E-state index in [1.807, 2.05) is 0 Å². The lowest BCUT2D eigenvalue weighted by Gasteiger charge is -2.24. The number of methoxy groups -OCH3 is 4. The summed E-state index contributed by atoms with van der Waals surface area (Å²) in [6, 6.07) is 8.40. The van der Waals surface area contributed by atoms with E-state index in [0.717, 1.165) is 16.2 Å². The van der Waals surface area contributed by atoms with Gasteiger partial charge in [-0.15, -0.1) is 0 Å². The molecule has 11 nitrogen and oxygen atoms in total. The highest BCUT2D eigenvalue weighted by molar-refractivity contribution is 7.17. The number of Topliss-reactive ketones (excluding diaryl/α,β-unsaturated/α-hetero) is 1. The topological polar surface area (TPSA) is 134 Å².